The molecule has 0 saturated heterocycles. The molecule has 0 fully saturated rings. The molecule has 0 heterocycles. The van der Waals surface area contributed by atoms with Crippen LogP contribution in [0.1, 0.15) is 6.92 Å². The first-order chi connectivity index (χ1) is 4.52. The van der Waals surface area contributed by atoms with Crippen LogP contribution in [-0.4, -0.2) is 26.7 Å². The highest BCUT2D eigenvalue weighted by Crippen LogP contribution is 1.91. The van der Waals surface area contributed by atoms with E-state index >= 15 is 0 Å². The van der Waals surface area contributed by atoms with E-state index < -0.39 is 22.6 Å². The second-order valence-corrected chi connectivity index (χ2v) is 3.37. The van der Waals surface area contributed by atoms with Crippen LogP contribution >= 0.6 is 0 Å². The minimum Gasteiger partial charge on any atom is -0.344 e. The highest BCUT2D eigenvalue weighted by Gasteiger charge is 2.11. The summed E-state index contributed by atoms with van der Waals surface area (Å²) in [4.78, 5) is 10.3. The van der Waals surface area contributed by atoms with Gasteiger partial charge in [-0.2, -0.15) is 8.42 Å². The van der Waals surface area contributed by atoms with Crippen LogP contribution in [0.25, 0.3) is 0 Å². The van der Waals surface area contributed by atoms with E-state index in [0.29, 0.717) is 0 Å². The van der Waals surface area contributed by atoms with E-state index in [9.17, 15) is 13.2 Å². The molecule has 2 N–H and O–H groups in total. The number of rotatable bonds is 3. The van der Waals surface area contributed by atoms with Crippen LogP contribution in [0.3, 0.4) is 0 Å². The molecule has 0 bridgehead atoms. The van der Waals surface area contributed by atoms with Crippen LogP contribution in [0.15, 0.2) is 0 Å². The van der Waals surface area contributed by atoms with Crippen molar-refractivity contribution < 1.29 is 17.4 Å². The van der Waals surface area contributed by atoms with Crippen LogP contribution in [0.5, 0.6) is 0 Å². The topological polar surface area (TPSA) is 86.5 Å². The molecule has 0 amide bonds. The second-order valence-electron chi connectivity index (χ2n) is 1.51. The van der Waals surface area contributed by atoms with E-state index in [1.165, 1.54) is 6.92 Å². The van der Waals surface area contributed by atoms with Crippen LogP contribution in [-0.2, 0) is 19.1 Å². The number of carbonyl (C=O) groups excluding carboxylic acids is 1. The van der Waals surface area contributed by atoms with Crippen LogP contribution in [0.2, 0.25) is 0 Å². The van der Waals surface area contributed by atoms with Crippen molar-refractivity contribution >= 4 is 16.1 Å². The molecule has 0 radical (unpaired) electrons. The van der Waals surface area contributed by atoms with Crippen molar-refractivity contribution in [3.63, 3.8) is 0 Å². The highest BCUT2D eigenvalue weighted by atomic mass is 32.2. The van der Waals surface area contributed by atoms with Gasteiger partial charge in [-0.3, -0.25) is 0 Å². The molecule has 10 heavy (non-hydrogen) atoms. The molecule has 0 aromatic rings. The van der Waals surface area contributed by atoms with Gasteiger partial charge in [-0.1, -0.05) is 0 Å². The molecule has 0 aromatic carbocycles. The summed E-state index contributed by atoms with van der Waals surface area (Å²) in [6.07, 6.45) is 0. The molecule has 6 heteroatoms. The molecule has 5 nitrogen and oxygen atoms in total. The number of hydrogen-bond acceptors (Lipinski definition) is 5. The molecule has 0 aliphatic carbocycles. The first-order valence-corrected chi connectivity index (χ1v) is 4.24. The molecule has 0 saturated carbocycles. The smallest absolute Gasteiger partial charge is 0.335 e. The molecule has 0 spiro atoms. The Morgan fingerprint density at radius 1 is 1.60 bits per heavy atom. The predicted octanol–water partition coefficient (Wildman–Crippen LogP) is -1.16. The van der Waals surface area contributed by atoms with Crippen molar-refractivity contribution in [3.8, 4) is 0 Å². The Morgan fingerprint density at radius 3 is 2.40 bits per heavy atom. The van der Waals surface area contributed by atoms with Crippen LogP contribution in [0, 0.1) is 0 Å². The normalized spacial score (nSPS) is 11.0. The van der Waals surface area contributed by atoms with Crippen molar-refractivity contribution in [3.05, 3.63) is 0 Å². The quantitative estimate of drug-likeness (QED) is 0.536. The Bertz CT molecular complexity index is 207. The Balaban J connectivity index is 4.03. The average Bonchev–Trinajstić information content (AvgIpc) is 1.87. The summed E-state index contributed by atoms with van der Waals surface area (Å²) in [5, 5.41) is 0. The molecular formula is C4H9NO4S. The lowest BCUT2D eigenvalue weighted by Crippen LogP contribution is -2.21. The molecular weight excluding hydrogens is 158 g/mol. The van der Waals surface area contributed by atoms with Crippen LogP contribution < -0.4 is 5.73 Å². The van der Waals surface area contributed by atoms with Crippen molar-refractivity contribution in [1.82, 2.24) is 0 Å². The summed E-state index contributed by atoms with van der Waals surface area (Å²) >= 11 is 0. The summed E-state index contributed by atoms with van der Waals surface area (Å²) in [5.41, 5.74) is 4.79. The summed E-state index contributed by atoms with van der Waals surface area (Å²) in [6.45, 7) is 0.957. The lowest BCUT2D eigenvalue weighted by Gasteiger charge is -1.99. The second kappa shape index (κ2) is 3.52. The SMILES string of the molecule is CCS(=O)(=O)OC(=O)CN. The van der Waals surface area contributed by atoms with Gasteiger partial charge in [-0.05, 0) is 6.92 Å². The van der Waals surface area contributed by atoms with E-state index in [-0.39, 0.29) is 5.75 Å². The third-order valence-electron chi connectivity index (χ3n) is 0.740. The van der Waals surface area contributed by atoms with Crippen molar-refractivity contribution in [2.75, 3.05) is 12.3 Å². The van der Waals surface area contributed by atoms with Gasteiger partial charge in [0.05, 0.1) is 12.3 Å². The first kappa shape index (κ1) is 9.38. The Kier molecular flexibility index (Phi) is 3.31. The molecule has 0 atom stereocenters. The number of hydrogen-bond donors (Lipinski definition) is 1. The fraction of sp³-hybridized carbons (Fsp3) is 0.750. The molecule has 60 valence electrons. The largest absolute Gasteiger partial charge is 0.344 e. The minimum absolute atomic E-state index is 0.223. The fourth-order valence-electron chi connectivity index (χ4n) is 0.235. The summed E-state index contributed by atoms with van der Waals surface area (Å²) in [6, 6.07) is 0. The minimum atomic E-state index is -3.66. The van der Waals surface area contributed by atoms with Gasteiger partial charge >= 0.3 is 16.1 Å². The van der Waals surface area contributed by atoms with Gasteiger partial charge in [0.25, 0.3) is 0 Å². The average molecular weight is 167 g/mol. The lowest BCUT2D eigenvalue weighted by atomic mass is 10.7. The Labute approximate surface area is 59.3 Å². The third-order valence-corrected chi connectivity index (χ3v) is 1.89. The van der Waals surface area contributed by atoms with Crippen molar-refractivity contribution in [2.45, 2.75) is 6.92 Å². The molecule has 0 unspecified atom stereocenters. The zero-order valence-corrected chi connectivity index (χ0v) is 6.35. The predicted molar refractivity (Wildman–Crippen MR) is 34.6 cm³/mol. The van der Waals surface area contributed by atoms with E-state index in [1.54, 1.807) is 0 Å². The van der Waals surface area contributed by atoms with Gasteiger partial charge in [0.2, 0.25) is 0 Å². The van der Waals surface area contributed by atoms with Gasteiger partial charge in [-0.15, -0.1) is 0 Å². The number of nitrogens with two attached hydrogens (primary N) is 1. The van der Waals surface area contributed by atoms with Crippen LogP contribution in [0.4, 0.5) is 0 Å². The maximum absolute atomic E-state index is 10.5. The molecule has 0 aromatic heterocycles. The standard InChI is InChI=1S/C4H9NO4S/c1-2-10(7,8)9-4(6)3-5/h2-3,5H2,1H3. The van der Waals surface area contributed by atoms with Crippen molar-refractivity contribution in [2.24, 2.45) is 5.73 Å². The first-order valence-electron chi connectivity index (χ1n) is 2.67. The summed E-state index contributed by atoms with van der Waals surface area (Å²) in [5.74, 6) is -1.15. The summed E-state index contributed by atoms with van der Waals surface area (Å²) in [7, 11) is -3.66. The maximum atomic E-state index is 10.5. The zero-order chi connectivity index (χ0) is 8.20. The maximum Gasteiger partial charge on any atom is 0.335 e. The molecule has 0 aliphatic rings. The molecule has 0 rings (SSSR count). The van der Waals surface area contributed by atoms with Gasteiger partial charge in [0.1, 0.15) is 0 Å². The van der Waals surface area contributed by atoms with Gasteiger partial charge in [-0.25, -0.2) is 4.79 Å². The zero-order valence-electron chi connectivity index (χ0n) is 5.53. The highest BCUT2D eigenvalue weighted by molar-refractivity contribution is 7.87. The van der Waals surface area contributed by atoms with E-state index in [2.05, 4.69) is 4.18 Å². The van der Waals surface area contributed by atoms with Gasteiger partial charge in [0.15, 0.2) is 0 Å². The van der Waals surface area contributed by atoms with E-state index in [0.717, 1.165) is 0 Å². The molecule has 0 aliphatic heterocycles. The lowest BCUT2D eigenvalue weighted by molar-refractivity contribution is -0.132. The summed E-state index contributed by atoms with van der Waals surface area (Å²) < 4.78 is 24.9. The van der Waals surface area contributed by atoms with Gasteiger partial charge < -0.3 is 9.92 Å². The Morgan fingerprint density at radius 2 is 2.10 bits per heavy atom. The Hall–Kier alpha value is -0.620. The monoisotopic (exact) mass is 167 g/mol. The van der Waals surface area contributed by atoms with E-state index in [4.69, 9.17) is 5.73 Å². The van der Waals surface area contributed by atoms with Crippen molar-refractivity contribution in [1.29, 1.82) is 0 Å². The van der Waals surface area contributed by atoms with E-state index in [1.807, 2.05) is 0 Å². The third kappa shape index (κ3) is 3.41. The number of carbonyl (C=O) groups is 1. The van der Waals surface area contributed by atoms with Gasteiger partial charge in [0, 0.05) is 0 Å². The fourth-order valence-corrected chi connectivity index (χ4v) is 0.704.